The molecule has 0 N–H and O–H groups in total. The van der Waals surface area contributed by atoms with Crippen LogP contribution in [0.1, 0.15) is 26.6 Å². The topological polar surface area (TPSA) is 105 Å². The highest BCUT2D eigenvalue weighted by atomic mass is 32.2. The summed E-state index contributed by atoms with van der Waals surface area (Å²) in [7, 11) is -2.13. The molecular weight excluding hydrogens is 444 g/mol. The van der Waals surface area contributed by atoms with Gasteiger partial charge in [-0.1, -0.05) is 30.3 Å². The van der Waals surface area contributed by atoms with Crippen LogP contribution >= 0.6 is 0 Å². The highest BCUT2D eigenvalue weighted by molar-refractivity contribution is 7.90. The average Bonchev–Trinajstić information content (AvgIpc) is 3.36. The van der Waals surface area contributed by atoms with Crippen LogP contribution in [0.4, 0.5) is 0 Å². The van der Waals surface area contributed by atoms with Gasteiger partial charge in [0.05, 0.1) is 18.6 Å². The Morgan fingerprint density at radius 1 is 1.15 bits per heavy atom. The van der Waals surface area contributed by atoms with Crippen molar-refractivity contribution in [1.82, 2.24) is 14.8 Å². The molecule has 0 fully saturated rings. The van der Waals surface area contributed by atoms with Crippen LogP contribution < -0.4 is 9.47 Å². The van der Waals surface area contributed by atoms with Crippen LogP contribution in [0.15, 0.2) is 52.5 Å². The van der Waals surface area contributed by atoms with Gasteiger partial charge in [0.2, 0.25) is 0 Å². The van der Waals surface area contributed by atoms with Gasteiger partial charge in [0.1, 0.15) is 29.0 Å². The van der Waals surface area contributed by atoms with Crippen LogP contribution in [0.5, 0.6) is 11.5 Å². The van der Waals surface area contributed by atoms with Gasteiger partial charge in [-0.25, -0.2) is 18.1 Å². The number of benzene rings is 2. The van der Waals surface area contributed by atoms with Gasteiger partial charge in [-0.2, -0.15) is 0 Å². The molecule has 0 unspecified atom stereocenters. The fourth-order valence-corrected chi connectivity index (χ4v) is 4.47. The summed E-state index contributed by atoms with van der Waals surface area (Å²) >= 11 is 0. The lowest BCUT2D eigenvalue weighted by molar-refractivity contribution is 0.0799. The van der Waals surface area contributed by atoms with E-state index in [0.717, 1.165) is 11.8 Å². The van der Waals surface area contributed by atoms with E-state index < -0.39 is 9.84 Å². The minimum Gasteiger partial charge on any atom is -0.494 e. The second kappa shape index (κ2) is 8.86. The van der Waals surface area contributed by atoms with Crippen molar-refractivity contribution in [3.8, 4) is 28.6 Å². The lowest BCUT2D eigenvalue weighted by atomic mass is 10.0. The molecule has 2 heterocycles. The highest BCUT2D eigenvalue weighted by Crippen LogP contribution is 2.33. The summed E-state index contributed by atoms with van der Waals surface area (Å²) in [6.45, 7) is 6.33. The van der Waals surface area contributed by atoms with Gasteiger partial charge in [0.15, 0.2) is 21.5 Å². The Hall–Kier alpha value is -3.40. The van der Waals surface area contributed by atoms with Crippen molar-refractivity contribution in [3.05, 3.63) is 48.3 Å². The molecule has 0 bridgehead atoms. The Bertz CT molecular complexity index is 1320. The fourth-order valence-electron chi connectivity index (χ4n) is 3.60. The molecule has 0 spiro atoms. The van der Waals surface area contributed by atoms with Crippen molar-refractivity contribution in [2.45, 2.75) is 31.8 Å². The summed E-state index contributed by atoms with van der Waals surface area (Å²) < 4.78 is 37.9. The molecule has 0 amide bonds. The number of hydrogen-bond acceptors (Lipinski definition) is 8. The number of oxime groups is 1. The number of para-hydroxylation sites is 1. The molecule has 33 heavy (non-hydrogen) atoms. The second-order valence-corrected chi connectivity index (χ2v) is 9.77. The molecule has 10 heteroatoms. The maximum absolute atomic E-state index is 12.6. The maximum atomic E-state index is 12.6. The SMILES string of the molecule is CCOc1cccc(-c2nc(C3=NO[C@@H](C)[C@@H]3C)n(-c3c(OC)cccc3S(C)(=O)=O)n2)c1. The number of nitrogens with zero attached hydrogens (tertiary/aromatic N) is 4. The van der Waals surface area contributed by atoms with E-state index in [1.807, 2.05) is 45.0 Å². The summed E-state index contributed by atoms with van der Waals surface area (Å²) in [4.78, 5) is 10.3. The van der Waals surface area contributed by atoms with Gasteiger partial charge in [-0.05, 0) is 38.1 Å². The summed E-state index contributed by atoms with van der Waals surface area (Å²) in [5.41, 5.74) is 1.57. The van der Waals surface area contributed by atoms with Crippen LogP contribution in [0.25, 0.3) is 17.1 Å². The van der Waals surface area contributed by atoms with Crippen molar-refractivity contribution < 1.29 is 22.7 Å². The second-order valence-electron chi connectivity index (χ2n) is 7.79. The standard InChI is InChI=1S/C23H26N4O5S/c1-6-31-17-10-7-9-16(13-17)22-24-23(20-14(2)15(3)32-26-20)27(25-22)21-18(30-4)11-8-12-19(21)33(5,28)29/h7-15H,6H2,1-5H3/t14-,15-/m0/s1. The Balaban J connectivity index is 1.99. The third-order valence-electron chi connectivity index (χ3n) is 5.49. The van der Waals surface area contributed by atoms with Crippen molar-refractivity contribution >= 4 is 15.5 Å². The Kier molecular flexibility index (Phi) is 6.11. The van der Waals surface area contributed by atoms with Crippen molar-refractivity contribution in [1.29, 1.82) is 0 Å². The summed E-state index contributed by atoms with van der Waals surface area (Å²) in [5.74, 6) is 1.74. The van der Waals surface area contributed by atoms with Gasteiger partial charge in [-0.15, -0.1) is 5.10 Å². The molecule has 0 radical (unpaired) electrons. The molecular formula is C23H26N4O5S. The Morgan fingerprint density at radius 3 is 2.55 bits per heavy atom. The van der Waals surface area contributed by atoms with E-state index in [2.05, 4.69) is 5.16 Å². The van der Waals surface area contributed by atoms with E-state index in [-0.39, 0.29) is 22.6 Å². The minimum absolute atomic E-state index is 0.0721. The van der Waals surface area contributed by atoms with E-state index >= 15 is 0 Å². The van der Waals surface area contributed by atoms with Crippen LogP contribution in [-0.2, 0) is 14.7 Å². The third kappa shape index (κ3) is 4.30. The quantitative estimate of drug-likeness (QED) is 0.520. The maximum Gasteiger partial charge on any atom is 0.182 e. The van der Waals surface area contributed by atoms with E-state index in [4.69, 9.17) is 24.4 Å². The van der Waals surface area contributed by atoms with Gasteiger partial charge in [0, 0.05) is 17.7 Å². The summed E-state index contributed by atoms with van der Waals surface area (Å²) in [6.07, 6.45) is 0.997. The molecule has 174 valence electrons. The highest BCUT2D eigenvalue weighted by Gasteiger charge is 2.34. The van der Waals surface area contributed by atoms with Crippen LogP contribution in [0.3, 0.4) is 0 Å². The predicted octanol–water partition coefficient (Wildman–Crippen LogP) is 3.50. The largest absolute Gasteiger partial charge is 0.494 e. The first kappa shape index (κ1) is 22.8. The third-order valence-corrected chi connectivity index (χ3v) is 6.61. The fraction of sp³-hybridized carbons (Fsp3) is 0.348. The Labute approximate surface area is 192 Å². The van der Waals surface area contributed by atoms with Crippen LogP contribution in [0, 0.1) is 5.92 Å². The smallest absolute Gasteiger partial charge is 0.182 e. The zero-order valence-electron chi connectivity index (χ0n) is 19.1. The number of sulfone groups is 1. The number of hydrogen-bond donors (Lipinski definition) is 0. The normalized spacial score (nSPS) is 18.0. The first-order valence-corrected chi connectivity index (χ1v) is 12.5. The molecule has 9 nitrogen and oxygen atoms in total. The zero-order chi connectivity index (χ0) is 23.8. The molecule has 0 saturated heterocycles. The first-order valence-electron chi connectivity index (χ1n) is 10.6. The van der Waals surface area contributed by atoms with E-state index in [9.17, 15) is 8.42 Å². The van der Waals surface area contributed by atoms with Gasteiger partial charge < -0.3 is 14.3 Å². The number of ether oxygens (including phenoxy) is 2. The van der Waals surface area contributed by atoms with E-state index in [1.165, 1.54) is 17.9 Å². The van der Waals surface area contributed by atoms with Gasteiger partial charge in [0.25, 0.3) is 0 Å². The van der Waals surface area contributed by atoms with E-state index in [0.29, 0.717) is 35.5 Å². The molecule has 2 aromatic carbocycles. The number of methoxy groups -OCH3 is 1. The molecule has 0 aliphatic carbocycles. The number of rotatable bonds is 7. The predicted molar refractivity (Wildman–Crippen MR) is 124 cm³/mol. The molecule has 1 aromatic heterocycles. The zero-order valence-corrected chi connectivity index (χ0v) is 20.0. The van der Waals surface area contributed by atoms with E-state index in [1.54, 1.807) is 12.1 Å². The average molecular weight is 471 g/mol. The van der Waals surface area contributed by atoms with Crippen LogP contribution in [0.2, 0.25) is 0 Å². The van der Waals surface area contributed by atoms with Gasteiger partial charge in [-0.3, -0.25) is 0 Å². The van der Waals surface area contributed by atoms with Crippen molar-refractivity contribution in [2.75, 3.05) is 20.0 Å². The van der Waals surface area contributed by atoms with Crippen molar-refractivity contribution in [3.63, 3.8) is 0 Å². The summed E-state index contributed by atoms with van der Waals surface area (Å²) in [6, 6.07) is 12.2. The molecule has 1 aliphatic rings. The van der Waals surface area contributed by atoms with Gasteiger partial charge >= 0.3 is 0 Å². The first-order chi connectivity index (χ1) is 15.7. The lowest BCUT2D eigenvalue weighted by Crippen LogP contribution is -2.22. The Morgan fingerprint density at radius 2 is 1.91 bits per heavy atom. The van der Waals surface area contributed by atoms with Crippen LogP contribution in [-0.4, -0.2) is 55.0 Å². The molecule has 2 atom stereocenters. The molecule has 0 saturated carbocycles. The summed E-state index contributed by atoms with van der Waals surface area (Å²) in [5, 5.41) is 8.94. The lowest BCUT2D eigenvalue weighted by Gasteiger charge is -2.15. The minimum atomic E-state index is -3.61. The van der Waals surface area contributed by atoms with Crippen molar-refractivity contribution in [2.24, 2.45) is 11.1 Å². The molecule has 4 rings (SSSR count). The molecule has 3 aromatic rings. The number of aromatic nitrogens is 3. The molecule has 1 aliphatic heterocycles. The monoisotopic (exact) mass is 470 g/mol.